The first-order valence-corrected chi connectivity index (χ1v) is 36.0. The van der Waals surface area contributed by atoms with E-state index in [-0.39, 0.29) is 61.7 Å². The van der Waals surface area contributed by atoms with Crippen molar-refractivity contribution >= 4 is 73.3 Å². The van der Waals surface area contributed by atoms with E-state index >= 15 is 19.2 Å². The van der Waals surface area contributed by atoms with Gasteiger partial charge in [0.1, 0.15) is 60.4 Å². The summed E-state index contributed by atoms with van der Waals surface area (Å²) in [7, 11) is 9.15. The molecule has 0 aromatic rings. The lowest BCUT2D eigenvalue weighted by Gasteiger charge is -2.43. The quantitative estimate of drug-likeness (QED) is 0.121. The predicted octanol–water partition coefficient (Wildman–Crippen LogP) is 5.47. The molecule has 12 unspecified atom stereocenters. The highest BCUT2D eigenvalue weighted by Gasteiger charge is 2.47. The molecule has 0 radical (unpaired) electrons. The third-order valence-electron chi connectivity index (χ3n) is 17.1. The van der Waals surface area contributed by atoms with Crippen LogP contribution in [0.2, 0.25) is 19.6 Å². The van der Waals surface area contributed by atoms with Crippen LogP contribution in [0.1, 0.15) is 156 Å². The highest BCUT2D eigenvalue weighted by molar-refractivity contribution is 6.69. The second-order valence-electron chi connectivity index (χ2n) is 28.7. The highest BCUT2D eigenvalue weighted by atomic mass is 28.4. The molecule has 1 saturated heterocycles. The molecular weight excluding hydrogens is 1170 g/mol. The second kappa shape index (κ2) is 36.4. The number of hydrogen-bond acceptors (Lipinski definition) is 12. The Morgan fingerprint density at radius 2 is 0.900 bits per heavy atom. The summed E-state index contributed by atoms with van der Waals surface area (Å²) in [4.78, 5) is 173. The molecule has 12 atom stereocenters. The van der Waals surface area contributed by atoms with E-state index in [1.54, 1.807) is 34.6 Å². The summed E-state index contributed by atoms with van der Waals surface area (Å²) >= 11 is 0. The Kier molecular flexibility index (Phi) is 33.2. The Morgan fingerprint density at radius 1 is 0.478 bits per heavy atom. The van der Waals surface area contributed by atoms with Crippen molar-refractivity contribution in [1.29, 1.82) is 0 Å². The van der Waals surface area contributed by atoms with Gasteiger partial charge in [-0.2, -0.15) is 0 Å². The van der Waals surface area contributed by atoms with Gasteiger partial charge in [0.25, 0.3) is 0 Å². The van der Waals surface area contributed by atoms with E-state index in [1.165, 1.54) is 109 Å². The number of likely N-dealkylation sites (N-methyl/N-ethyl adjacent to an activating group) is 8. The smallest absolute Gasteiger partial charge is 0.246 e. The normalized spacial score (nSPS) is 26.4. The van der Waals surface area contributed by atoms with Crippen LogP contribution in [0.4, 0.5) is 0 Å². The third kappa shape index (κ3) is 23.0. The van der Waals surface area contributed by atoms with Crippen molar-refractivity contribution in [2.24, 2.45) is 41.4 Å². The van der Waals surface area contributed by atoms with Crippen LogP contribution in [0.5, 0.6) is 0 Å². The largest absolute Gasteiger partial charge is 0.412 e. The van der Waals surface area contributed by atoms with Gasteiger partial charge < -0.3 is 59.6 Å². The summed E-state index contributed by atoms with van der Waals surface area (Å²) in [5.41, 5.74) is 0. The first-order chi connectivity index (χ1) is 41.3. The lowest BCUT2D eigenvalue weighted by molar-refractivity contribution is -0.157. The summed E-state index contributed by atoms with van der Waals surface area (Å²) < 4.78 is 6.90. The van der Waals surface area contributed by atoms with Gasteiger partial charge in [-0.3, -0.25) is 52.7 Å². The molecule has 11 amide bonds. The van der Waals surface area contributed by atoms with E-state index in [2.05, 4.69) is 16.0 Å². The van der Waals surface area contributed by atoms with E-state index in [9.17, 15) is 33.6 Å². The topological polar surface area (TPSA) is 259 Å². The Balaban J connectivity index is 4.51. The zero-order chi connectivity index (χ0) is 70.1. The lowest BCUT2D eigenvalue weighted by Crippen LogP contribution is -2.64. The van der Waals surface area contributed by atoms with E-state index < -0.39 is 158 Å². The average Bonchev–Trinajstić information content (AvgIpc) is 0.847. The van der Waals surface area contributed by atoms with Crippen LogP contribution < -0.4 is 16.0 Å². The van der Waals surface area contributed by atoms with Gasteiger partial charge in [0, 0.05) is 56.4 Å². The van der Waals surface area contributed by atoms with Gasteiger partial charge in [-0.1, -0.05) is 109 Å². The molecule has 0 bridgehead atoms. The Hall–Kier alpha value is -5.91. The van der Waals surface area contributed by atoms with Crippen molar-refractivity contribution in [2.45, 2.75) is 242 Å². The van der Waals surface area contributed by atoms with E-state index in [0.717, 1.165) is 0 Å². The zero-order valence-electron chi connectivity index (χ0n) is 60.5. The SMILES string of the molecule is C/C=C/CC(C)C(O[Si](C)(C)C)C1C(=O)NC(CC)C(=O)N(C)CC(=O)N(C)C(CC(C)C)C(=O)NC(C(C)C)C(=O)N(C)C(CC(C)C)C(=O)NC(C)C(=O)N(C)C(C)C(=O)N(C)C(CC(C)C)C(=O)N(C)C(CC(C)C)C(=O)N(C)C(C(C)C)C(=O)N1C. The maximum atomic E-state index is 15.6. The van der Waals surface area contributed by atoms with Crippen molar-refractivity contribution < 1.29 is 57.2 Å². The monoisotopic (exact) mass is 1290 g/mol. The fourth-order valence-electron chi connectivity index (χ4n) is 11.5. The van der Waals surface area contributed by atoms with Crippen molar-refractivity contribution in [3.8, 4) is 0 Å². The number of allylic oxidation sites excluding steroid dienone is 2. The lowest BCUT2D eigenvalue weighted by atomic mass is 9.91. The Labute approximate surface area is 542 Å². The number of amides is 11. The average molecular weight is 1290 g/mol. The van der Waals surface area contributed by atoms with Gasteiger partial charge >= 0.3 is 0 Å². The van der Waals surface area contributed by atoms with Crippen molar-refractivity contribution in [3.63, 3.8) is 0 Å². The van der Waals surface area contributed by atoms with Gasteiger partial charge in [-0.25, -0.2) is 0 Å². The van der Waals surface area contributed by atoms with E-state index in [0.29, 0.717) is 6.42 Å². The van der Waals surface area contributed by atoms with Gasteiger partial charge in [0.15, 0.2) is 8.32 Å². The number of hydrogen-bond donors (Lipinski definition) is 3. The van der Waals surface area contributed by atoms with Crippen LogP contribution in [-0.4, -0.2) is 242 Å². The van der Waals surface area contributed by atoms with Gasteiger partial charge in [-0.15, -0.1) is 0 Å². The first-order valence-electron chi connectivity index (χ1n) is 32.6. The molecule has 3 N–H and O–H groups in total. The molecule has 516 valence electrons. The summed E-state index contributed by atoms with van der Waals surface area (Å²) in [5, 5.41) is 8.59. The Morgan fingerprint density at radius 3 is 1.33 bits per heavy atom. The maximum Gasteiger partial charge on any atom is 0.246 e. The fraction of sp³-hybridized carbons (Fsp3) is 0.803. The number of carbonyl (C=O) groups excluding carboxylic acids is 11. The second-order valence-corrected chi connectivity index (χ2v) is 33.2. The minimum absolute atomic E-state index is 0.0681. The van der Waals surface area contributed by atoms with Crippen LogP contribution in [0, 0.1) is 41.4 Å². The first kappa shape index (κ1) is 82.1. The summed E-state index contributed by atoms with van der Waals surface area (Å²) in [6, 6.07) is -11.9. The molecule has 1 aliphatic rings. The molecule has 1 rings (SSSR count). The van der Waals surface area contributed by atoms with Crippen LogP contribution >= 0.6 is 0 Å². The molecule has 23 nitrogen and oxygen atoms in total. The molecule has 0 aromatic heterocycles. The van der Waals surface area contributed by atoms with Crippen LogP contribution in [0.25, 0.3) is 0 Å². The van der Waals surface area contributed by atoms with Gasteiger partial charge in [0.2, 0.25) is 65.0 Å². The number of nitrogens with one attached hydrogen (secondary N) is 3. The molecule has 1 fully saturated rings. The molecule has 0 aliphatic carbocycles. The van der Waals surface area contributed by atoms with Crippen LogP contribution in [0.3, 0.4) is 0 Å². The van der Waals surface area contributed by atoms with E-state index in [4.69, 9.17) is 4.43 Å². The summed E-state index contributed by atoms with van der Waals surface area (Å²) in [6.07, 6.45) is 4.10. The maximum absolute atomic E-state index is 15.6. The molecule has 1 heterocycles. The minimum Gasteiger partial charge on any atom is -0.412 e. The van der Waals surface area contributed by atoms with Gasteiger partial charge in [-0.05, 0) is 120 Å². The molecule has 0 saturated carbocycles. The van der Waals surface area contributed by atoms with Crippen LogP contribution in [0.15, 0.2) is 12.2 Å². The Bertz CT molecular complexity index is 2480. The zero-order valence-corrected chi connectivity index (χ0v) is 61.5. The van der Waals surface area contributed by atoms with Crippen molar-refractivity contribution in [2.75, 3.05) is 62.9 Å². The summed E-state index contributed by atoms with van der Waals surface area (Å²) in [6.45, 7) is 36.0. The molecule has 24 heteroatoms. The molecule has 0 aromatic carbocycles. The standard InChI is InChI=1S/C66H121N11O12Si/c1-29-31-32-44(15)56(89-90(26,27)28)55-59(81)68-47(30-2)62(84)70(18)37-52(78)72(20)48(33-38(3)4)58(80)69-53(42(11)12)65(87)73(21)49(34-39(5)6)57(79)67-45(16)60(82)71(19)46(17)61(83)74(22)50(35-40(7)8)63(85)75(23)51(36-41(9)10)64(86)76(24)54(43(13)14)66(88)77(55)25/h29,31,38-51,53-56H,30,32-37H2,1-28H3,(H,67,79)(H,68,81)(H,69,80)/b31-29+. The predicted molar refractivity (Wildman–Crippen MR) is 355 cm³/mol. The molecular formula is C66H121N11O12Si. The van der Waals surface area contributed by atoms with Gasteiger partial charge in [0.05, 0.1) is 12.6 Å². The summed E-state index contributed by atoms with van der Waals surface area (Å²) in [5.74, 6) is -8.77. The molecule has 1 aliphatic heterocycles. The minimum atomic E-state index is -2.56. The van der Waals surface area contributed by atoms with Crippen LogP contribution in [-0.2, 0) is 57.2 Å². The number of nitrogens with zero attached hydrogens (tertiary/aromatic N) is 8. The molecule has 0 spiro atoms. The van der Waals surface area contributed by atoms with E-state index in [1.807, 2.05) is 101 Å². The van der Waals surface area contributed by atoms with Crippen molar-refractivity contribution in [3.05, 3.63) is 12.2 Å². The molecule has 90 heavy (non-hydrogen) atoms. The third-order valence-corrected chi connectivity index (χ3v) is 18.0. The van der Waals surface area contributed by atoms with Crippen molar-refractivity contribution in [1.82, 2.24) is 55.1 Å². The fourth-order valence-corrected chi connectivity index (χ4v) is 12.7. The number of rotatable bonds is 17. The number of carbonyl (C=O) groups is 11. The highest BCUT2D eigenvalue weighted by Crippen LogP contribution is 2.28.